The second kappa shape index (κ2) is 9.50. The Morgan fingerprint density at radius 3 is 1.56 bits per heavy atom. The van der Waals surface area contributed by atoms with E-state index >= 15 is 0 Å². The lowest BCUT2D eigenvalue weighted by Gasteiger charge is -2.63. The van der Waals surface area contributed by atoms with Crippen molar-refractivity contribution in [3.05, 3.63) is 71.8 Å². The van der Waals surface area contributed by atoms with E-state index in [4.69, 9.17) is 19.7 Å². The Bertz CT molecular complexity index is 1740. The smallest absolute Gasteiger partial charge is 0.166 e. The number of phenols is 2. The second-order valence-electron chi connectivity index (χ2n) is 15.4. The van der Waals surface area contributed by atoms with Crippen LogP contribution in [0.15, 0.2) is 59.8 Å². The Morgan fingerprint density at radius 1 is 0.708 bits per heavy atom. The van der Waals surface area contributed by atoms with Crippen molar-refractivity contribution in [3.8, 4) is 23.0 Å². The Labute approximate surface area is 279 Å². The Kier molecular flexibility index (Phi) is 5.79. The molecule has 4 aliphatic heterocycles. The highest BCUT2D eigenvalue weighted by atomic mass is 16.5. The summed E-state index contributed by atoms with van der Waals surface area (Å²) in [4.78, 5) is 4.68. The third kappa shape index (κ3) is 3.15. The molecule has 2 spiro atoms. The zero-order valence-electron chi connectivity index (χ0n) is 27.1. The predicted molar refractivity (Wildman–Crippen MR) is 179 cm³/mol. The van der Waals surface area contributed by atoms with E-state index in [1.54, 1.807) is 12.1 Å². The molecule has 48 heavy (non-hydrogen) atoms. The van der Waals surface area contributed by atoms with Gasteiger partial charge in [0.1, 0.15) is 0 Å². The molecule has 0 radical (unpaired) electrons. The molecular formula is C38H42N4O6. The van der Waals surface area contributed by atoms with Crippen molar-refractivity contribution in [2.45, 2.75) is 97.7 Å². The van der Waals surface area contributed by atoms with E-state index in [1.807, 2.05) is 24.3 Å². The van der Waals surface area contributed by atoms with Gasteiger partial charge >= 0.3 is 0 Å². The minimum Gasteiger partial charge on any atom is -0.504 e. The van der Waals surface area contributed by atoms with Crippen LogP contribution in [0.25, 0.3) is 0 Å². The third-order valence-corrected chi connectivity index (χ3v) is 13.8. The monoisotopic (exact) mass is 650 g/mol. The number of hydrogen-bond acceptors (Lipinski definition) is 10. The van der Waals surface area contributed by atoms with E-state index in [9.17, 15) is 20.4 Å². The number of rotatable bonds is 5. The Morgan fingerprint density at radius 2 is 1.15 bits per heavy atom. The average molecular weight is 651 g/mol. The quantitative estimate of drug-likeness (QED) is 0.287. The summed E-state index contributed by atoms with van der Waals surface area (Å²) in [5.74, 6) is 1.11. The summed E-state index contributed by atoms with van der Waals surface area (Å²) in [5, 5.41) is 57.4. The number of likely N-dealkylation sites (tertiary alicyclic amines) is 2. The van der Waals surface area contributed by atoms with Gasteiger partial charge in [-0.05, 0) is 74.6 Å². The van der Waals surface area contributed by atoms with Crippen LogP contribution in [-0.2, 0) is 23.7 Å². The fraction of sp³-hybridized carbons (Fsp3) is 0.526. The molecular weight excluding hydrogens is 608 g/mol. The number of ether oxygens (including phenoxy) is 2. The second-order valence-corrected chi connectivity index (χ2v) is 15.4. The highest BCUT2D eigenvalue weighted by molar-refractivity contribution is 5.97. The fourth-order valence-corrected chi connectivity index (χ4v) is 12.0. The first kappa shape index (κ1) is 29.2. The Hall–Kier alpha value is -3.70. The molecule has 4 heterocycles. The van der Waals surface area contributed by atoms with Gasteiger partial charge in [0.25, 0.3) is 0 Å². The molecule has 4 bridgehead atoms. The van der Waals surface area contributed by atoms with E-state index in [0.29, 0.717) is 76.0 Å². The summed E-state index contributed by atoms with van der Waals surface area (Å²) >= 11 is 0. The number of nitrogens with zero attached hydrogens (tertiary/aromatic N) is 4. The van der Waals surface area contributed by atoms with E-state index in [-0.39, 0.29) is 23.6 Å². The lowest BCUT2D eigenvalue weighted by atomic mass is 9.48. The van der Waals surface area contributed by atoms with Crippen LogP contribution in [-0.4, -0.2) is 103 Å². The molecule has 2 saturated heterocycles. The molecule has 2 aromatic carbocycles. The molecule has 8 unspecified atom stereocenters. The Balaban J connectivity index is 1.08. The standard InChI is InChI=1S/C38H42N4O6/c1-3-15-41-17-13-35-29-21-5-7-25(43)31(29)47-33(35)23(9-11-37(35,45)27(41)19-21)39-40-24-10-12-38(46)28-20-22-6-8-26(44)32-30(22)36(38,34(24)48-32)14-18-42(28)16-4-2/h3-8,27-28,33-34,43-46H,1-2,9-20H2/b39-23+,40-24?. The molecule has 0 amide bonds. The summed E-state index contributed by atoms with van der Waals surface area (Å²) in [6, 6.07) is 7.18. The van der Waals surface area contributed by atoms with Gasteiger partial charge in [-0.1, -0.05) is 24.3 Å². The fourth-order valence-electron chi connectivity index (χ4n) is 12.0. The van der Waals surface area contributed by atoms with Crippen LogP contribution < -0.4 is 9.47 Å². The van der Waals surface area contributed by atoms with E-state index < -0.39 is 34.2 Å². The van der Waals surface area contributed by atoms with Crippen molar-refractivity contribution in [1.29, 1.82) is 0 Å². The van der Waals surface area contributed by atoms with Gasteiger partial charge in [-0.25, -0.2) is 0 Å². The predicted octanol–water partition coefficient (Wildman–Crippen LogP) is 3.28. The van der Waals surface area contributed by atoms with Crippen LogP contribution in [0.4, 0.5) is 0 Å². The number of hydrogen-bond donors (Lipinski definition) is 4. The van der Waals surface area contributed by atoms with Gasteiger partial charge in [0.15, 0.2) is 35.2 Å². The summed E-state index contributed by atoms with van der Waals surface area (Å²) in [5.41, 5.74) is 1.99. The molecule has 4 fully saturated rings. The summed E-state index contributed by atoms with van der Waals surface area (Å²) < 4.78 is 13.3. The van der Waals surface area contributed by atoms with Gasteiger partial charge < -0.3 is 29.9 Å². The highest BCUT2D eigenvalue weighted by Gasteiger charge is 2.74. The van der Waals surface area contributed by atoms with E-state index in [1.165, 1.54) is 0 Å². The normalized spacial score (nSPS) is 41.4. The summed E-state index contributed by atoms with van der Waals surface area (Å²) in [7, 11) is 0. The largest absolute Gasteiger partial charge is 0.504 e. The third-order valence-electron chi connectivity index (χ3n) is 13.8. The van der Waals surface area contributed by atoms with Crippen molar-refractivity contribution in [2.75, 3.05) is 26.2 Å². The van der Waals surface area contributed by atoms with E-state index in [2.05, 4.69) is 23.0 Å². The minimum atomic E-state index is -1.06. The topological polar surface area (TPSA) is 131 Å². The molecule has 10 heteroatoms. The molecule has 2 aromatic rings. The van der Waals surface area contributed by atoms with Crippen LogP contribution in [0.5, 0.6) is 23.0 Å². The molecule has 2 saturated carbocycles. The highest BCUT2D eigenvalue weighted by Crippen LogP contribution is 2.66. The van der Waals surface area contributed by atoms with Crippen molar-refractivity contribution in [1.82, 2.24) is 9.80 Å². The van der Waals surface area contributed by atoms with Crippen molar-refractivity contribution in [2.24, 2.45) is 10.2 Å². The minimum absolute atomic E-state index is 0.0885. The maximum atomic E-state index is 12.7. The molecule has 250 valence electrons. The molecule has 0 aromatic heterocycles. The lowest BCUT2D eigenvalue weighted by Crippen LogP contribution is -2.76. The first-order valence-corrected chi connectivity index (χ1v) is 17.5. The average Bonchev–Trinajstić information content (AvgIpc) is 3.61. The van der Waals surface area contributed by atoms with Crippen LogP contribution in [0.3, 0.4) is 0 Å². The number of aliphatic hydroxyl groups is 2. The first-order valence-electron chi connectivity index (χ1n) is 17.5. The van der Waals surface area contributed by atoms with Crippen LogP contribution in [0, 0.1) is 0 Å². The van der Waals surface area contributed by atoms with Crippen molar-refractivity contribution in [3.63, 3.8) is 0 Å². The number of aromatic hydroxyl groups is 2. The first-order chi connectivity index (χ1) is 23.2. The van der Waals surface area contributed by atoms with Crippen molar-refractivity contribution >= 4 is 11.4 Å². The van der Waals surface area contributed by atoms with Gasteiger partial charge in [0, 0.05) is 49.4 Å². The maximum absolute atomic E-state index is 12.7. The zero-order valence-corrected chi connectivity index (χ0v) is 27.1. The maximum Gasteiger partial charge on any atom is 0.166 e. The molecule has 10 rings (SSSR count). The van der Waals surface area contributed by atoms with Crippen LogP contribution in [0.1, 0.15) is 60.8 Å². The number of phenolic OH excluding ortho intramolecular Hbond substituents is 2. The summed E-state index contributed by atoms with van der Waals surface area (Å²) in [6.45, 7) is 10.9. The molecule has 4 aliphatic carbocycles. The number of piperidine rings is 2. The molecule has 8 aliphatic rings. The molecule has 10 nitrogen and oxygen atoms in total. The van der Waals surface area contributed by atoms with Crippen LogP contribution >= 0.6 is 0 Å². The van der Waals surface area contributed by atoms with Gasteiger partial charge in [0.05, 0.1) is 33.5 Å². The summed E-state index contributed by atoms with van der Waals surface area (Å²) in [6.07, 6.45) is 7.42. The van der Waals surface area contributed by atoms with Crippen molar-refractivity contribution < 1.29 is 29.9 Å². The van der Waals surface area contributed by atoms with Gasteiger partial charge in [-0.15, -0.1) is 13.2 Å². The van der Waals surface area contributed by atoms with Gasteiger partial charge in [0.2, 0.25) is 0 Å². The van der Waals surface area contributed by atoms with Crippen LogP contribution in [0.2, 0.25) is 0 Å². The lowest BCUT2D eigenvalue weighted by molar-refractivity contribution is -0.164. The van der Waals surface area contributed by atoms with E-state index in [0.717, 1.165) is 46.8 Å². The molecule has 4 N–H and O–H groups in total. The zero-order chi connectivity index (χ0) is 32.8. The van der Waals surface area contributed by atoms with Gasteiger partial charge in [-0.3, -0.25) is 9.80 Å². The number of benzene rings is 2. The van der Waals surface area contributed by atoms with Gasteiger partial charge in [-0.2, -0.15) is 10.2 Å². The SMILES string of the molecule is C=CCN1CCC23c4c5ccc(O)c4OC2C(=N/N=C2\CCC4(O)C6Cc7ccc(O)c8c7C4(CCN6CC=C)C2O8)CCC3(O)C1C5. The molecule has 8 atom stereocenters.